The number of nitro groups is 1. The van der Waals surface area contributed by atoms with Gasteiger partial charge < -0.3 is 14.2 Å². The lowest BCUT2D eigenvalue weighted by Crippen LogP contribution is -2.43. The molecule has 0 radical (unpaired) electrons. The number of carbonyl (C=O) groups excluding carboxylic acids is 2. The maximum Gasteiger partial charge on any atom is 0.269 e. The molecule has 0 spiro atoms. The van der Waals surface area contributed by atoms with E-state index in [0.29, 0.717) is 18.7 Å². The smallest absolute Gasteiger partial charge is 0.269 e. The van der Waals surface area contributed by atoms with Crippen molar-refractivity contribution in [3.05, 3.63) is 112 Å². The number of carbonyl (C=O) groups is 2. The molecular weight excluding hydrogens is 434 g/mol. The monoisotopic (exact) mass is 461 g/mol. The molecule has 176 valence electrons. The maximum atomic E-state index is 13.3. The Morgan fingerprint density at radius 3 is 2.32 bits per heavy atom. The number of non-ortho nitro benzene ring substituents is 1. The van der Waals surface area contributed by atoms with Crippen molar-refractivity contribution in [2.75, 3.05) is 19.6 Å². The predicted molar refractivity (Wildman–Crippen MR) is 128 cm³/mol. The zero-order valence-electron chi connectivity index (χ0n) is 19.1. The summed E-state index contributed by atoms with van der Waals surface area (Å²) in [7, 11) is 0. The van der Waals surface area contributed by atoms with E-state index < -0.39 is 10.8 Å². The zero-order chi connectivity index (χ0) is 24.5. The van der Waals surface area contributed by atoms with Crippen LogP contribution in [0.3, 0.4) is 0 Å². The van der Waals surface area contributed by atoms with E-state index in [4.69, 9.17) is 4.42 Å². The van der Waals surface area contributed by atoms with Crippen molar-refractivity contribution in [3.63, 3.8) is 0 Å². The molecular formula is C26H27N3O5. The highest BCUT2D eigenvalue weighted by molar-refractivity contribution is 5.96. The molecule has 0 saturated heterocycles. The van der Waals surface area contributed by atoms with Crippen molar-refractivity contribution in [1.29, 1.82) is 0 Å². The van der Waals surface area contributed by atoms with Gasteiger partial charge in [0.15, 0.2) is 0 Å². The molecule has 0 saturated carbocycles. The molecule has 0 N–H and O–H groups in total. The summed E-state index contributed by atoms with van der Waals surface area (Å²) in [5.41, 5.74) is 1.25. The number of hydrogen-bond acceptors (Lipinski definition) is 5. The second-order valence-electron chi connectivity index (χ2n) is 7.84. The first-order valence-electron chi connectivity index (χ1n) is 10.9. The van der Waals surface area contributed by atoms with E-state index in [1.807, 2.05) is 49.4 Å². The van der Waals surface area contributed by atoms with Gasteiger partial charge in [-0.2, -0.15) is 0 Å². The number of benzene rings is 2. The molecule has 0 aliphatic rings. The molecule has 1 aromatic heterocycles. The van der Waals surface area contributed by atoms with Crippen LogP contribution >= 0.6 is 0 Å². The Morgan fingerprint density at radius 2 is 1.74 bits per heavy atom. The van der Waals surface area contributed by atoms with Crippen LogP contribution < -0.4 is 0 Å². The number of nitro benzene ring substituents is 1. The third-order valence-electron chi connectivity index (χ3n) is 5.30. The van der Waals surface area contributed by atoms with Gasteiger partial charge in [-0.05, 0) is 43.2 Å². The van der Waals surface area contributed by atoms with Crippen LogP contribution in [0.5, 0.6) is 0 Å². The van der Waals surface area contributed by atoms with E-state index in [1.165, 1.54) is 29.2 Å². The first-order chi connectivity index (χ1) is 16.4. The van der Waals surface area contributed by atoms with Gasteiger partial charge in [0.05, 0.1) is 11.5 Å². The maximum absolute atomic E-state index is 13.3. The second-order valence-corrected chi connectivity index (χ2v) is 7.84. The lowest BCUT2D eigenvalue weighted by molar-refractivity contribution is -0.384. The molecule has 0 fully saturated rings. The molecule has 0 unspecified atom stereocenters. The van der Waals surface area contributed by atoms with Gasteiger partial charge >= 0.3 is 0 Å². The van der Waals surface area contributed by atoms with Gasteiger partial charge in [-0.3, -0.25) is 19.7 Å². The zero-order valence-corrected chi connectivity index (χ0v) is 19.1. The number of aryl methyl sites for hydroxylation is 1. The van der Waals surface area contributed by atoms with Crippen LogP contribution in [0.15, 0.2) is 83.8 Å². The Kier molecular flexibility index (Phi) is 8.34. The van der Waals surface area contributed by atoms with Gasteiger partial charge in [-0.1, -0.05) is 36.4 Å². The molecule has 8 nitrogen and oxygen atoms in total. The minimum atomic E-state index is -0.528. The number of hydrogen-bond donors (Lipinski definition) is 0. The number of rotatable bonds is 11. The van der Waals surface area contributed by atoms with E-state index in [9.17, 15) is 19.7 Å². The summed E-state index contributed by atoms with van der Waals surface area (Å²) in [6, 6.07) is 18.8. The third-order valence-corrected chi connectivity index (χ3v) is 5.30. The summed E-state index contributed by atoms with van der Waals surface area (Å²) in [5, 5.41) is 10.9. The fourth-order valence-electron chi connectivity index (χ4n) is 3.51. The standard InChI is InChI=1S/C26H27N3O5/c1-3-16-28(26(31)22-10-12-23(13-11-22)29(32)33)19-25(30)27(18-24-14-9-20(2)34-24)17-15-21-7-5-4-6-8-21/h3-14H,1,15-19H2,2H3. The SMILES string of the molecule is C=CCN(CC(=O)N(CCc1ccccc1)Cc1ccc(C)o1)C(=O)c1ccc([N+](=O)[O-])cc1. The first kappa shape index (κ1) is 24.4. The Balaban J connectivity index is 1.75. The molecule has 1 heterocycles. The number of nitrogens with zero attached hydrogens (tertiary/aromatic N) is 3. The molecule has 3 rings (SSSR count). The summed E-state index contributed by atoms with van der Waals surface area (Å²) in [4.78, 5) is 39.8. The normalized spacial score (nSPS) is 10.5. The average molecular weight is 462 g/mol. The quantitative estimate of drug-likeness (QED) is 0.240. The number of amides is 2. The second kappa shape index (κ2) is 11.6. The Bertz CT molecular complexity index is 1140. The third kappa shape index (κ3) is 6.65. The van der Waals surface area contributed by atoms with Gasteiger partial charge in [0, 0.05) is 30.8 Å². The lowest BCUT2D eigenvalue weighted by atomic mass is 10.1. The van der Waals surface area contributed by atoms with Crippen molar-refractivity contribution in [2.45, 2.75) is 19.9 Å². The van der Waals surface area contributed by atoms with Crippen molar-refractivity contribution < 1.29 is 18.9 Å². The van der Waals surface area contributed by atoms with E-state index in [1.54, 1.807) is 11.0 Å². The summed E-state index contributed by atoms with van der Waals surface area (Å²) in [5.74, 6) is 0.782. The van der Waals surface area contributed by atoms with Crippen LogP contribution in [-0.2, 0) is 17.8 Å². The molecule has 0 aliphatic carbocycles. The molecule has 3 aromatic rings. The molecule has 34 heavy (non-hydrogen) atoms. The Morgan fingerprint density at radius 1 is 1.03 bits per heavy atom. The van der Waals surface area contributed by atoms with E-state index in [2.05, 4.69) is 6.58 Å². The Labute approximate surface area is 198 Å². The van der Waals surface area contributed by atoms with Crippen LogP contribution in [0.2, 0.25) is 0 Å². The first-order valence-corrected chi connectivity index (χ1v) is 10.9. The molecule has 2 aromatic carbocycles. The van der Waals surface area contributed by atoms with Crippen LogP contribution in [0.4, 0.5) is 5.69 Å². The van der Waals surface area contributed by atoms with Crippen molar-refractivity contribution in [1.82, 2.24) is 9.80 Å². The van der Waals surface area contributed by atoms with Crippen LogP contribution in [0, 0.1) is 17.0 Å². The summed E-state index contributed by atoms with van der Waals surface area (Å²) >= 11 is 0. The lowest BCUT2D eigenvalue weighted by Gasteiger charge is -2.27. The molecule has 0 aliphatic heterocycles. The summed E-state index contributed by atoms with van der Waals surface area (Å²) < 4.78 is 5.67. The topological polar surface area (TPSA) is 96.9 Å². The minimum Gasteiger partial charge on any atom is -0.464 e. The fraction of sp³-hybridized carbons (Fsp3) is 0.231. The summed E-state index contributed by atoms with van der Waals surface area (Å²) in [6.45, 7) is 6.27. The molecule has 2 amide bonds. The Hall–Kier alpha value is -4.20. The van der Waals surface area contributed by atoms with Gasteiger partial charge in [-0.25, -0.2) is 0 Å². The highest BCUT2D eigenvalue weighted by atomic mass is 16.6. The summed E-state index contributed by atoms with van der Waals surface area (Å²) in [6.07, 6.45) is 2.20. The van der Waals surface area contributed by atoms with Crippen LogP contribution in [0.1, 0.15) is 27.4 Å². The minimum absolute atomic E-state index is 0.108. The van der Waals surface area contributed by atoms with Crippen molar-refractivity contribution >= 4 is 17.5 Å². The molecule has 8 heteroatoms. The van der Waals surface area contributed by atoms with Gasteiger partial charge in [0.2, 0.25) is 5.91 Å². The van der Waals surface area contributed by atoms with Gasteiger partial charge in [-0.15, -0.1) is 6.58 Å². The average Bonchev–Trinajstić information content (AvgIpc) is 3.26. The van der Waals surface area contributed by atoms with Crippen molar-refractivity contribution in [3.8, 4) is 0 Å². The highest BCUT2D eigenvalue weighted by Gasteiger charge is 2.23. The van der Waals surface area contributed by atoms with Gasteiger partial charge in [0.1, 0.15) is 18.1 Å². The van der Waals surface area contributed by atoms with E-state index in [0.717, 1.165) is 11.3 Å². The predicted octanol–water partition coefficient (Wildman–Crippen LogP) is 4.40. The van der Waals surface area contributed by atoms with Crippen LogP contribution in [0.25, 0.3) is 0 Å². The van der Waals surface area contributed by atoms with E-state index >= 15 is 0 Å². The van der Waals surface area contributed by atoms with Crippen molar-refractivity contribution in [2.24, 2.45) is 0 Å². The van der Waals surface area contributed by atoms with E-state index in [-0.39, 0.29) is 36.8 Å². The number of furan rings is 1. The molecule has 0 bridgehead atoms. The highest BCUT2D eigenvalue weighted by Crippen LogP contribution is 2.15. The fourth-order valence-corrected chi connectivity index (χ4v) is 3.51. The largest absolute Gasteiger partial charge is 0.464 e. The molecule has 0 atom stereocenters. The van der Waals surface area contributed by atoms with Gasteiger partial charge in [0.25, 0.3) is 11.6 Å². The van der Waals surface area contributed by atoms with Crippen LogP contribution in [-0.4, -0.2) is 46.2 Å².